The molecule has 0 amide bonds. The molecular weight excluding hydrogens is 268 g/mol. The standard InChI is InChI=1S/C14H17F2NO3/c1-14(13(18)19,17-8-12-3-2-4-20-12)9-5-10(15)7-11(16)6-9/h5-7,12,17H,2-4,8H2,1H3,(H,18,19). The van der Waals surface area contributed by atoms with E-state index in [4.69, 9.17) is 4.74 Å². The molecule has 0 spiro atoms. The molecular formula is C14H17F2NO3. The number of halogens is 2. The highest BCUT2D eigenvalue weighted by Crippen LogP contribution is 2.24. The van der Waals surface area contributed by atoms with E-state index in [2.05, 4.69) is 5.32 Å². The lowest BCUT2D eigenvalue weighted by Gasteiger charge is -2.28. The molecule has 0 saturated carbocycles. The molecule has 1 aliphatic rings. The summed E-state index contributed by atoms with van der Waals surface area (Å²) >= 11 is 0. The first-order valence-corrected chi connectivity index (χ1v) is 6.48. The van der Waals surface area contributed by atoms with Gasteiger partial charge >= 0.3 is 5.97 Å². The van der Waals surface area contributed by atoms with Gasteiger partial charge in [0.05, 0.1) is 6.10 Å². The van der Waals surface area contributed by atoms with Crippen LogP contribution in [0.25, 0.3) is 0 Å². The molecule has 1 saturated heterocycles. The Morgan fingerprint density at radius 1 is 1.45 bits per heavy atom. The minimum atomic E-state index is -1.56. The lowest BCUT2D eigenvalue weighted by atomic mass is 9.91. The summed E-state index contributed by atoms with van der Waals surface area (Å²) in [5.41, 5.74) is -1.52. The lowest BCUT2D eigenvalue weighted by Crippen LogP contribution is -2.49. The topological polar surface area (TPSA) is 58.6 Å². The predicted octanol–water partition coefficient (Wildman–Crippen LogP) is 2.03. The molecule has 1 aliphatic heterocycles. The average Bonchev–Trinajstić information content (AvgIpc) is 2.87. The van der Waals surface area contributed by atoms with Gasteiger partial charge in [-0.3, -0.25) is 5.32 Å². The molecule has 0 bridgehead atoms. The number of aliphatic carboxylic acids is 1. The average molecular weight is 285 g/mol. The molecule has 1 heterocycles. The van der Waals surface area contributed by atoms with Gasteiger partial charge < -0.3 is 9.84 Å². The zero-order valence-corrected chi connectivity index (χ0v) is 11.2. The second-order valence-electron chi connectivity index (χ2n) is 5.10. The van der Waals surface area contributed by atoms with E-state index in [1.165, 1.54) is 6.92 Å². The molecule has 20 heavy (non-hydrogen) atoms. The first kappa shape index (κ1) is 14.9. The van der Waals surface area contributed by atoms with Crippen molar-refractivity contribution in [3.05, 3.63) is 35.4 Å². The first-order chi connectivity index (χ1) is 9.41. The van der Waals surface area contributed by atoms with Crippen LogP contribution in [0.4, 0.5) is 8.78 Å². The van der Waals surface area contributed by atoms with E-state index < -0.39 is 23.1 Å². The summed E-state index contributed by atoms with van der Waals surface area (Å²) in [6, 6.07) is 2.77. The van der Waals surface area contributed by atoms with Crippen molar-refractivity contribution in [2.24, 2.45) is 0 Å². The highest BCUT2D eigenvalue weighted by atomic mass is 19.1. The summed E-state index contributed by atoms with van der Waals surface area (Å²) in [6.45, 7) is 2.37. The number of benzene rings is 1. The van der Waals surface area contributed by atoms with E-state index in [-0.39, 0.29) is 11.7 Å². The Morgan fingerprint density at radius 2 is 2.10 bits per heavy atom. The Hall–Kier alpha value is -1.53. The molecule has 2 N–H and O–H groups in total. The number of carboxylic acid groups (broad SMARTS) is 1. The summed E-state index contributed by atoms with van der Waals surface area (Å²) in [6.07, 6.45) is 1.72. The Kier molecular flexibility index (Phi) is 4.35. The highest BCUT2D eigenvalue weighted by Gasteiger charge is 2.36. The number of hydrogen-bond donors (Lipinski definition) is 2. The summed E-state index contributed by atoms with van der Waals surface area (Å²) in [5.74, 6) is -2.79. The second-order valence-corrected chi connectivity index (χ2v) is 5.10. The Labute approximate surface area is 115 Å². The van der Waals surface area contributed by atoms with E-state index in [1.54, 1.807) is 0 Å². The van der Waals surface area contributed by atoms with E-state index in [9.17, 15) is 18.7 Å². The number of rotatable bonds is 5. The van der Waals surface area contributed by atoms with Crippen LogP contribution in [0.2, 0.25) is 0 Å². The number of carboxylic acids is 1. The molecule has 110 valence electrons. The van der Waals surface area contributed by atoms with Crippen molar-refractivity contribution < 1.29 is 23.4 Å². The quantitative estimate of drug-likeness (QED) is 0.869. The van der Waals surface area contributed by atoms with Crippen LogP contribution in [-0.4, -0.2) is 30.3 Å². The zero-order chi connectivity index (χ0) is 14.8. The van der Waals surface area contributed by atoms with Gasteiger partial charge in [0.15, 0.2) is 0 Å². The molecule has 4 nitrogen and oxygen atoms in total. The molecule has 2 atom stereocenters. The van der Waals surface area contributed by atoms with Crippen molar-refractivity contribution in [2.45, 2.75) is 31.4 Å². The van der Waals surface area contributed by atoms with Crippen LogP contribution in [0.15, 0.2) is 18.2 Å². The summed E-state index contributed by atoms with van der Waals surface area (Å²) in [4.78, 5) is 11.5. The number of ether oxygens (including phenoxy) is 1. The van der Waals surface area contributed by atoms with Gasteiger partial charge in [-0.05, 0) is 37.5 Å². The van der Waals surface area contributed by atoms with Gasteiger partial charge in [-0.2, -0.15) is 0 Å². The molecule has 1 fully saturated rings. The maximum Gasteiger partial charge on any atom is 0.328 e. The van der Waals surface area contributed by atoms with E-state index >= 15 is 0 Å². The Balaban J connectivity index is 2.21. The van der Waals surface area contributed by atoms with E-state index in [0.29, 0.717) is 19.2 Å². The van der Waals surface area contributed by atoms with E-state index in [1.807, 2.05) is 0 Å². The van der Waals surface area contributed by atoms with Gasteiger partial charge in [0, 0.05) is 19.2 Å². The SMILES string of the molecule is CC(NCC1CCCO1)(C(=O)O)c1cc(F)cc(F)c1. The predicted molar refractivity (Wildman–Crippen MR) is 68.3 cm³/mol. The van der Waals surface area contributed by atoms with Gasteiger partial charge in [-0.25, -0.2) is 13.6 Å². The molecule has 1 aromatic rings. The minimum absolute atomic E-state index is 0.0421. The van der Waals surface area contributed by atoms with Crippen LogP contribution < -0.4 is 5.32 Å². The third kappa shape index (κ3) is 3.13. The second kappa shape index (κ2) is 5.85. The summed E-state index contributed by atoms with van der Waals surface area (Å²) < 4.78 is 32.0. The largest absolute Gasteiger partial charge is 0.480 e. The third-order valence-corrected chi connectivity index (χ3v) is 3.57. The Bertz CT molecular complexity index is 483. The van der Waals surface area contributed by atoms with Crippen molar-refractivity contribution in [1.82, 2.24) is 5.32 Å². The lowest BCUT2D eigenvalue weighted by molar-refractivity contribution is -0.144. The number of carbonyl (C=O) groups is 1. The van der Waals surface area contributed by atoms with E-state index in [0.717, 1.165) is 25.0 Å². The summed E-state index contributed by atoms with van der Waals surface area (Å²) in [5, 5.41) is 12.2. The zero-order valence-electron chi connectivity index (χ0n) is 11.2. The van der Waals surface area contributed by atoms with Gasteiger partial charge in [0.2, 0.25) is 0 Å². The molecule has 2 unspecified atom stereocenters. The van der Waals surface area contributed by atoms with Crippen molar-refractivity contribution in [2.75, 3.05) is 13.2 Å². The fraction of sp³-hybridized carbons (Fsp3) is 0.500. The molecule has 0 radical (unpaired) electrons. The van der Waals surface area contributed by atoms with Crippen molar-refractivity contribution in [3.63, 3.8) is 0 Å². The molecule has 2 rings (SSSR count). The fourth-order valence-corrected chi connectivity index (χ4v) is 2.27. The van der Waals surface area contributed by atoms with Gasteiger partial charge in [0.25, 0.3) is 0 Å². The van der Waals surface area contributed by atoms with Crippen LogP contribution in [-0.2, 0) is 15.1 Å². The van der Waals surface area contributed by atoms with Crippen LogP contribution in [0.1, 0.15) is 25.3 Å². The molecule has 0 aromatic heterocycles. The van der Waals surface area contributed by atoms with Crippen molar-refractivity contribution in [1.29, 1.82) is 0 Å². The fourth-order valence-electron chi connectivity index (χ4n) is 2.27. The molecule has 6 heteroatoms. The van der Waals surface area contributed by atoms with Crippen LogP contribution in [0.3, 0.4) is 0 Å². The Morgan fingerprint density at radius 3 is 2.60 bits per heavy atom. The van der Waals surface area contributed by atoms with Crippen LogP contribution in [0, 0.1) is 11.6 Å². The smallest absolute Gasteiger partial charge is 0.328 e. The maximum absolute atomic E-state index is 13.3. The van der Waals surface area contributed by atoms with Gasteiger partial charge in [0.1, 0.15) is 17.2 Å². The summed E-state index contributed by atoms with van der Waals surface area (Å²) in [7, 11) is 0. The maximum atomic E-state index is 13.3. The highest BCUT2D eigenvalue weighted by molar-refractivity contribution is 5.80. The van der Waals surface area contributed by atoms with Crippen molar-refractivity contribution >= 4 is 5.97 Å². The normalized spacial score (nSPS) is 21.6. The minimum Gasteiger partial charge on any atom is -0.480 e. The molecule has 0 aliphatic carbocycles. The van der Waals surface area contributed by atoms with Crippen molar-refractivity contribution in [3.8, 4) is 0 Å². The number of hydrogen-bond acceptors (Lipinski definition) is 3. The number of nitrogens with one attached hydrogen (secondary N) is 1. The van der Waals surface area contributed by atoms with Crippen LogP contribution in [0.5, 0.6) is 0 Å². The van der Waals surface area contributed by atoms with Gasteiger partial charge in [-0.1, -0.05) is 0 Å². The van der Waals surface area contributed by atoms with Gasteiger partial charge in [-0.15, -0.1) is 0 Å². The monoisotopic (exact) mass is 285 g/mol. The third-order valence-electron chi connectivity index (χ3n) is 3.57. The first-order valence-electron chi connectivity index (χ1n) is 6.48. The van der Waals surface area contributed by atoms with Crippen LogP contribution >= 0.6 is 0 Å². The molecule has 1 aromatic carbocycles.